The van der Waals surface area contributed by atoms with Crippen LogP contribution in [-0.2, 0) is 32.6 Å². The summed E-state index contributed by atoms with van der Waals surface area (Å²) in [6.45, 7) is 7.04. The van der Waals surface area contributed by atoms with E-state index in [1.54, 1.807) is 30.6 Å². The number of para-hydroxylation sites is 1. The van der Waals surface area contributed by atoms with Crippen molar-refractivity contribution in [1.29, 1.82) is 0 Å². The van der Waals surface area contributed by atoms with Gasteiger partial charge in [0.25, 0.3) is 0 Å². The van der Waals surface area contributed by atoms with Crippen LogP contribution >= 0.6 is 0 Å². The molecular formula is C26H31N3O5S. The fourth-order valence-corrected chi connectivity index (χ4v) is 5.94. The number of esters is 1. The van der Waals surface area contributed by atoms with Crippen LogP contribution < -0.4 is 4.74 Å². The minimum absolute atomic E-state index is 0.139. The van der Waals surface area contributed by atoms with Crippen molar-refractivity contribution in [2.24, 2.45) is 0 Å². The normalized spacial score (nSPS) is 18.2. The van der Waals surface area contributed by atoms with Gasteiger partial charge >= 0.3 is 5.97 Å². The molecule has 4 rings (SSSR count). The predicted octanol–water partition coefficient (Wildman–Crippen LogP) is 3.88. The molecule has 0 amide bonds. The summed E-state index contributed by atoms with van der Waals surface area (Å²) >= 11 is 0. The van der Waals surface area contributed by atoms with E-state index in [0.717, 1.165) is 28.9 Å². The van der Waals surface area contributed by atoms with Crippen molar-refractivity contribution in [3.8, 4) is 5.75 Å². The van der Waals surface area contributed by atoms with E-state index < -0.39 is 10.0 Å². The SMILES string of the molecule is CCn1cnc(C(CC(=O)OC)c2ccc(C)c(CN3C[C@@H](C)Oc4ccccc4S3(=O)=O)c2)c1. The third-order valence-electron chi connectivity index (χ3n) is 6.35. The molecule has 35 heavy (non-hydrogen) atoms. The highest BCUT2D eigenvalue weighted by Crippen LogP contribution is 2.33. The topological polar surface area (TPSA) is 90.7 Å². The molecule has 0 N–H and O–H groups in total. The molecule has 1 aromatic heterocycles. The van der Waals surface area contributed by atoms with Crippen molar-refractivity contribution < 1.29 is 22.7 Å². The van der Waals surface area contributed by atoms with E-state index in [9.17, 15) is 13.2 Å². The highest BCUT2D eigenvalue weighted by molar-refractivity contribution is 7.89. The maximum absolute atomic E-state index is 13.5. The first kappa shape index (κ1) is 24.9. The van der Waals surface area contributed by atoms with Gasteiger partial charge in [0, 0.05) is 25.2 Å². The number of hydrogen-bond donors (Lipinski definition) is 0. The summed E-state index contributed by atoms with van der Waals surface area (Å²) in [5, 5.41) is 0. The van der Waals surface area contributed by atoms with Gasteiger partial charge in [-0.25, -0.2) is 13.4 Å². The van der Waals surface area contributed by atoms with Gasteiger partial charge in [0.05, 0.1) is 32.1 Å². The molecule has 0 fully saturated rings. The number of fused-ring (bicyclic) bond motifs is 1. The molecule has 1 aliphatic rings. The van der Waals surface area contributed by atoms with Crippen LogP contribution in [0.25, 0.3) is 0 Å². The molecular weight excluding hydrogens is 466 g/mol. The molecule has 2 heterocycles. The van der Waals surface area contributed by atoms with Crippen molar-refractivity contribution in [3.63, 3.8) is 0 Å². The molecule has 0 aliphatic carbocycles. The summed E-state index contributed by atoms with van der Waals surface area (Å²) in [6.07, 6.45) is 3.52. The van der Waals surface area contributed by atoms with E-state index in [-0.39, 0.29) is 42.4 Å². The average Bonchev–Trinajstić information content (AvgIpc) is 3.29. The van der Waals surface area contributed by atoms with Crippen molar-refractivity contribution in [2.75, 3.05) is 13.7 Å². The Morgan fingerprint density at radius 2 is 2.03 bits per heavy atom. The van der Waals surface area contributed by atoms with Gasteiger partial charge < -0.3 is 14.0 Å². The predicted molar refractivity (Wildman–Crippen MR) is 132 cm³/mol. The zero-order valence-electron chi connectivity index (χ0n) is 20.5. The standard InChI is InChI=1S/C26H31N3O5S/c1-5-28-16-23(27-17-28)22(13-26(30)33-4)20-11-10-18(2)21(12-20)15-29-14-19(3)34-24-8-6-7-9-25(24)35(29,31)32/h6-12,16-17,19,22H,5,13-15H2,1-4H3/t19-,22?/m1/s1. The van der Waals surface area contributed by atoms with E-state index >= 15 is 0 Å². The van der Waals surface area contributed by atoms with Crippen LogP contribution in [0.1, 0.15) is 48.6 Å². The quantitative estimate of drug-likeness (QED) is 0.460. The average molecular weight is 498 g/mol. The van der Waals surface area contributed by atoms with Gasteiger partial charge in [-0.15, -0.1) is 0 Å². The molecule has 0 radical (unpaired) electrons. The summed E-state index contributed by atoms with van der Waals surface area (Å²) in [7, 11) is -2.39. The lowest BCUT2D eigenvalue weighted by Crippen LogP contribution is -2.35. The number of methoxy groups -OCH3 is 1. The first-order valence-electron chi connectivity index (χ1n) is 11.7. The second-order valence-corrected chi connectivity index (χ2v) is 10.7. The molecule has 1 unspecified atom stereocenters. The molecule has 2 atom stereocenters. The highest BCUT2D eigenvalue weighted by Gasteiger charge is 2.33. The summed E-state index contributed by atoms with van der Waals surface area (Å²) in [5.41, 5.74) is 3.48. The number of imidazole rings is 1. The van der Waals surface area contributed by atoms with Gasteiger partial charge in [-0.05, 0) is 49.6 Å². The molecule has 186 valence electrons. The first-order chi connectivity index (χ1) is 16.7. The lowest BCUT2D eigenvalue weighted by molar-refractivity contribution is -0.140. The maximum Gasteiger partial charge on any atom is 0.306 e. The number of benzene rings is 2. The van der Waals surface area contributed by atoms with Crippen LogP contribution in [0.2, 0.25) is 0 Å². The van der Waals surface area contributed by atoms with Crippen molar-refractivity contribution >= 4 is 16.0 Å². The fourth-order valence-electron chi connectivity index (χ4n) is 4.33. The Morgan fingerprint density at radius 3 is 2.74 bits per heavy atom. The molecule has 0 spiro atoms. The van der Waals surface area contributed by atoms with Crippen LogP contribution in [0.15, 0.2) is 59.9 Å². The molecule has 0 saturated carbocycles. The number of ether oxygens (including phenoxy) is 2. The molecule has 1 aliphatic heterocycles. The van der Waals surface area contributed by atoms with Crippen molar-refractivity contribution in [2.45, 2.75) is 57.2 Å². The van der Waals surface area contributed by atoms with E-state index in [2.05, 4.69) is 4.98 Å². The molecule has 9 heteroatoms. The minimum atomic E-state index is -3.76. The number of rotatable bonds is 7. The molecule has 2 aromatic carbocycles. The zero-order valence-corrected chi connectivity index (χ0v) is 21.3. The number of aromatic nitrogens is 2. The number of hydrogen-bond acceptors (Lipinski definition) is 6. The van der Waals surface area contributed by atoms with Crippen LogP contribution in [0.3, 0.4) is 0 Å². The monoisotopic (exact) mass is 497 g/mol. The second kappa shape index (κ2) is 10.2. The molecule has 8 nitrogen and oxygen atoms in total. The van der Waals surface area contributed by atoms with Crippen molar-refractivity contribution in [3.05, 3.63) is 77.4 Å². The van der Waals surface area contributed by atoms with Crippen LogP contribution in [0.4, 0.5) is 0 Å². The van der Waals surface area contributed by atoms with Gasteiger partial charge in [-0.3, -0.25) is 4.79 Å². The number of sulfonamides is 1. The minimum Gasteiger partial charge on any atom is -0.488 e. The Hall–Kier alpha value is -3.17. The van der Waals surface area contributed by atoms with Gasteiger partial charge in [0.2, 0.25) is 10.0 Å². The smallest absolute Gasteiger partial charge is 0.306 e. The van der Waals surface area contributed by atoms with E-state index in [1.807, 2.05) is 49.7 Å². The Morgan fingerprint density at radius 1 is 1.26 bits per heavy atom. The van der Waals surface area contributed by atoms with E-state index in [4.69, 9.17) is 9.47 Å². The molecule has 0 saturated heterocycles. The summed E-state index contributed by atoms with van der Waals surface area (Å²) in [4.78, 5) is 16.9. The van der Waals surface area contributed by atoms with E-state index in [0.29, 0.717) is 5.75 Å². The number of nitrogens with zero attached hydrogens (tertiary/aromatic N) is 3. The Kier molecular flexibility index (Phi) is 7.28. The van der Waals surface area contributed by atoms with Crippen LogP contribution in [0, 0.1) is 6.92 Å². The largest absolute Gasteiger partial charge is 0.488 e. The molecule has 3 aromatic rings. The zero-order chi connectivity index (χ0) is 25.2. The lowest BCUT2D eigenvalue weighted by atomic mass is 9.90. The lowest BCUT2D eigenvalue weighted by Gasteiger charge is -2.23. The second-order valence-electron chi connectivity index (χ2n) is 8.82. The Bertz CT molecular complexity index is 1320. The summed E-state index contributed by atoms with van der Waals surface area (Å²) < 4.78 is 41.3. The number of aryl methyl sites for hydroxylation is 2. The van der Waals surface area contributed by atoms with Gasteiger partial charge in [0.15, 0.2) is 0 Å². The van der Waals surface area contributed by atoms with Gasteiger partial charge in [-0.2, -0.15) is 4.31 Å². The molecule has 0 bridgehead atoms. The maximum atomic E-state index is 13.5. The van der Waals surface area contributed by atoms with Gasteiger partial charge in [0.1, 0.15) is 16.7 Å². The van der Waals surface area contributed by atoms with Crippen LogP contribution in [0.5, 0.6) is 5.75 Å². The van der Waals surface area contributed by atoms with Crippen molar-refractivity contribution in [1.82, 2.24) is 13.9 Å². The van der Waals surface area contributed by atoms with Crippen LogP contribution in [-0.4, -0.2) is 48.0 Å². The third kappa shape index (κ3) is 5.26. The number of carbonyl (C=O) groups is 1. The third-order valence-corrected chi connectivity index (χ3v) is 8.20. The Labute approximate surface area is 206 Å². The highest BCUT2D eigenvalue weighted by atomic mass is 32.2. The summed E-state index contributed by atoms with van der Waals surface area (Å²) in [6, 6.07) is 12.6. The Balaban J connectivity index is 1.71. The number of carbonyl (C=O) groups excluding carboxylic acids is 1. The van der Waals surface area contributed by atoms with E-state index in [1.165, 1.54) is 11.4 Å². The first-order valence-corrected chi connectivity index (χ1v) is 13.1. The van der Waals surface area contributed by atoms with Gasteiger partial charge in [-0.1, -0.05) is 30.3 Å². The summed E-state index contributed by atoms with van der Waals surface area (Å²) in [5.74, 6) is -0.267. The fraction of sp³-hybridized carbons (Fsp3) is 0.385.